The van der Waals surface area contributed by atoms with Gasteiger partial charge in [0.2, 0.25) is 0 Å². The summed E-state index contributed by atoms with van der Waals surface area (Å²) in [4.78, 5) is 12.5. The lowest BCUT2D eigenvalue weighted by Gasteiger charge is -2.18. The number of hydrogen-bond donors (Lipinski definition) is 2. The Hall–Kier alpha value is -3.35. The average molecular weight is 353 g/mol. The van der Waals surface area contributed by atoms with Crippen LogP contribution >= 0.6 is 0 Å². The lowest BCUT2D eigenvalue weighted by Crippen LogP contribution is -2.23. The molecule has 6 nitrogen and oxygen atoms in total. The predicted molar refractivity (Wildman–Crippen MR) is 92.6 cm³/mol. The zero-order valence-corrected chi connectivity index (χ0v) is 13.8. The molecule has 0 atom stereocenters. The Morgan fingerprint density at radius 3 is 2.69 bits per heavy atom. The Kier molecular flexibility index (Phi) is 4.27. The molecule has 2 aromatic carbocycles. The number of H-pyrrole nitrogens is 1. The second-order valence-electron chi connectivity index (χ2n) is 5.83. The van der Waals surface area contributed by atoms with Crippen molar-refractivity contribution in [2.75, 3.05) is 13.2 Å². The monoisotopic (exact) mass is 353 g/mol. The molecule has 0 spiro atoms. The van der Waals surface area contributed by atoms with Crippen molar-refractivity contribution in [3.05, 3.63) is 65.6 Å². The lowest BCUT2D eigenvalue weighted by molar-refractivity contribution is 0.0951. The number of carbonyl (C=O) groups is 1. The second-order valence-corrected chi connectivity index (χ2v) is 5.83. The Balaban J connectivity index is 1.52. The minimum atomic E-state index is -0.309. The molecule has 2 N–H and O–H groups in total. The van der Waals surface area contributed by atoms with E-state index in [4.69, 9.17) is 9.47 Å². The number of halogens is 1. The summed E-state index contributed by atoms with van der Waals surface area (Å²) in [7, 11) is 0. The Bertz CT molecular complexity index is 937. The molecule has 4 rings (SSSR count). The summed E-state index contributed by atoms with van der Waals surface area (Å²) in [5, 5.41) is 9.67. The first-order chi connectivity index (χ1) is 12.7. The topological polar surface area (TPSA) is 76.2 Å². The van der Waals surface area contributed by atoms with Crippen LogP contribution in [0.1, 0.15) is 15.9 Å². The molecule has 0 saturated heterocycles. The van der Waals surface area contributed by atoms with Crippen molar-refractivity contribution in [2.24, 2.45) is 0 Å². The van der Waals surface area contributed by atoms with Gasteiger partial charge in [-0.2, -0.15) is 5.10 Å². The number of benzene rings is 2. The van der Waals surface area contributed by atoms with Crippen LogP contribution in [0.3, 0.4) is 0 Å². The highest BCUT2D eigenvalue weighted by molar-refractivity contribution is 5.99. The van der Waals surface area contributed by atoms with Crippen LogP contribution in [-0.4, -0.2) is 29.3 Å². The molecule has 0 aliphatic carbocycles. The highest BCUT2D eigenvalue weighted by atomic mass is 19.1. The Morgan fingerprint density at radius 2 is 1.88 bits per heavy atom. The van der Waals surface area contributed by atoms with Crippen LogP contribution in [0.5, 0.6) is 11.5 Å². The number of hydrogen-bond acceptors (Lipinski definition) is 4. The number of ether oxygens (including phenoxy) is 2. The van der Waals surface area contributed by atoms with Gasteiger partial charge in [-0.3, -0.25) is 9.89 Å². The van der Waals surface area contributed by atoms with Crippen LogP contribution in [0.25, 0.3) is 11.3 Å². The van der Waals surface area contributed by atoms with Gasteiger partial charge in [0, 0.05) is 12.1 Å². The fraction of sp³-hybridized carbons (Fsp3) is 0.158. The summed E-state index contributed by atoms with van der Waals surface area (Å²) in [6.07, 6.45) is 1.48. The average Bonchev–Trinajstić information content (AvgIpc) is 3.17. The first kappa shape index (κ1) is 16.1. The van der Waals surface area contributed by atoms with E-state index in [2.05, 4.69) is 15.5 Å². The van der Waals surface area contributed by atoms with E-state index in [1.165, 1.54) is 18.3 Å². The Morgan fingerprint density at radius 1 is 1.12 bits per heavy atom. The quantitative estimate of drug-likeness (QED) is 0.756. The molecule has 1 aromatic heterocycles. The molecule has 7 heteroatoms. The van der Waals surface area contributed by atoms with Crippen LogP contribution in [0.4, 0.5) is 4.39 Å². The zero-order chi connectivity index (χ0) is 17.9. The van der Waals surface area contributed by atoms with Gasteiger partial charge in [-0.1, -0.05) is 12.1 Å². The zero-order valence-electron chi connectivity index (χ0n) is 13.8. The van der Waals surface area contributed by atoms with Gasteiger partial charge in [0.25, 0.3) is 5.91 Å². The van der Waals surface area contributed by atoms with Crippen molar-refractivity contribution in [3.63, 3.8) is 0 Å². The SMILES string of the molecule is O=C(NCc1ccc(F)cc1)c1cn[nH]c1-c1ccc2c(c1)OCCO2. The molecule has 0 bridgehead atoms. The highest BCUT2D eigenvalue weighted by Gasteiger charge is 2.18. The largest absolute Gasteiger partial charge is 0.486 e. The number of carbonyl (C=O) groups excluding carboxylic acids is 1. The maximum absolute atomic E-state index is 13.0. The fourth-order valence-corrected chi connectivity index (χ4v) is 2.76. The molecule has 0 radical (unpaired) electrons. The minimum Gasteiger partial charge on any atom is -0.486 e. The van der Waals surface area contributed by atoms with Crippen molar-refractivity contribution in [1.29, 1.82) is 0 Å². The van der Waals surface area contributed by atoms with Gasteiger partial charge >= 0.3 is 0 Å². The number of fused-ring (bicyclic) bond motifs is 1. The van der Waals surface area contributed by atoms with E-state index in [1.54, 1.807) is 12.1 Å². The molecular formula is C19H16FN3O3. The van der Waals surface area contributed by atoms with E-state index < -0.39 is 0 Å². The number of nitrogens with one attached hydrogen (secondary N) is 2. The minimum absolute atomic E-state index is 0.270. The van der Waals surface area contributed by atoms with Crippen molar-refractivity contribution in [3.8, 4) is 22.8 Å². The van der Waals surface area contributed by atoms with E-state index in [1.807, 2.05) is 18.2 Å². The van der Waals surface area contributed by atoms with Gasteiger partial charge in [0.15, 0.2) is 11.5 Å². The maximum Gasteiger partial charge on any atom is 0.255 e. The van der Waals surface area contributed by atoms with E-state index in [0.29, 0.717) is 42.5 Å². The fourth-order valence-electron chi connectivity index (χ4n) is 2.76. The summed E-state index contributed by atoms with van der Waals surface area (Å²) < 4.78 is 24.1. The molecule has 132 valence electrons. The molecule has 0 saturated carbocycles. The summed E-state index contributed by atoms with van der Waals surface area (Å²) in [5.41, 5.74) is 2.60. The third-order valence-electron chi connectivity index (χ3n) is 4.08. The normalized spacial score (nSPS) is 12.7. The van der Waals surface area contributed by atoms with Crippen molar-refractivity contribution < 1.29 is 18.7 Å². The predicted octanol–water partition coefficient (Wildman–Crippen LogP) is 2.92. The van der Waals surface area contributed by atoms with Gasteiger partial charge in [0.1, 0.15) is 19.0 Å². The molecule has 1 amide bonds. The van der Waals surface area contributed by atoms with Gasteiger partial charge in [-0.15, -0.1) is 0 Å². The van der Waals surface area contributed by atoms with Crippen molar-refractivity contribution >= 4 is 5.91 Å². The number of rotatable bonds is 4. The van der Waals surface area contributed by atoms with E-state index >= 15 is 0 Å². The van der Waals surface area contributed by atoms with Crippen molar-refractivity contribution in [2.45, 2.75) is 6.54 Å². The van der Waals surface area contributed by atoms with Gasteiger partial charge < -0.3 is 14.8 Å². The third kappa shape index (κ3) is 3.23. The molecule has 3 aromatic rings. The Labute approximate surface area is 149 Å². The maximum atomic E-state index is 13.0. The summed E-state index contributed by atoms with van der Waals surface area (Å²) in [6, 6.07) is 11.5. The number of nitrogens with zero attached hydrogens (tertiary/aromatic N) is 1. The summed E-state index contributed by atoms with van der Waals surface area (Å²) in [5.74, 6) is 0.742. The summed E-state index contributed by atoms with van der Waals surface area (Å²) >= 11 is 0. The van der Waals surface area contributed by atoms with E-state index in [9.17, 15) is 9.18 Å². The number of aromatic amines is 1. The van der Waals surface area contributed by atoms with E-state index in [0.717, 1.165) is 11.1 Å². The molecule has 0 unspecified atom stereocenters. The first-order valence-corrected chi connectivity index (χ1v) is 8.17. The molecule has 26 heavy (non-hydrogen) atoms. The van der Waals surface area contributed by atoms with Crippen LogP contribution in [0.15, 0.2) is 48.7 Å². The highest BCUT2D eigenvalue weighted by Crippen LogP contribution is 2.34. The smallest absolute Gasteiger partial charge is 0.255 e. The summed E-state index contributed by atoms with van der Waals surface area (Å²) in [6.45, 7) is 1.31. The standard InChI is InChI=1S/C19H16FN3O3/c20-14-4-1-12(2-5-14)10-21-19(24)15-11-22-23-18(15)13-3-6-16-17(9-13)26-8-7-25-16/h1-6,9,11H,7-8,10H2,(H,21,24)(H,22,23). The van der Waals surface area contributed by atoms with Crippen LogP contribution in [-0.2, 0) is 6.54 Å². The second kappa shape index (κ2) is 6.87. The van der Waals surface area contributed by atoms with Gasteiger partial charge in [0.05, 0.1) is 17.5 Å². The van der Waals surface area contributed by atoms with E-state index in [-0.39, 0.29) is 11.7 Å². The van der Waals surface area contributed by atoms with Crippen LogP contribution < -0.4 is 14.8 Å². The van der Waals surface area contributed by atoms with Crippen LogP contribution in [0.2, 0.25) is 0 Å². The van der Waals surface area contributed by atoms with Gasteiger partial charge in [-0.05, 0) is 35.9 Å². The molecule has 1 aliphatic heterocycles. The lowest BCUT2D eigenvalue weighted by atomic mass is 10.1. The number of amides is 1. The first-order valence-electron chi connectivity index (χ1n) is 8.17. The molecule has 1 aliphatic rings. The van der Waals surface area contributed by atoms with Gasteiger partial charge in [-0.25, -0.2) is 4.39 Å². The molecule has 2 heterocycles. The molecule has 0 fully saturated rings. The van der Waals surface area contributed by atoms with Crippen molar-refractivity contribution in [1.82, 2.24) is 15.5 Å². The van der Waals surface area contributed by atoms with Crippen LogP contribution in [0, 0.1) is 5.82 Å². The third-order valence-corrected chi connectivity index (χ3v) is 4.08. The number of aromatic nitrogens is 2. The molecular weight excluding hydrogens is 337 g/mol.